The van der Waals surface area contributed by atoms with Gasteiger partial charge in [0.25, 0.3) is 5.91 Å². The Morgan fingerprint density at radius 2 is 1.77 bits per heavy atom. The molecule has 2 N–H and O–H groups in total. The number of methoxy groups -OCH3 is 1. The van der Waals surface area contributed by atoms with Gasteiger partial charge in [0.05, 0.1) is 24.2 Å². The van der Waals surface area contributed by atoms with Crippen molar-refractivity contribution in [1.29, 1.82) is 0 Å². The summed E-state index contributed by atoms with van der Waals surface area (Å²) in [5.74, 6) is -0.942. The number of rotatable bonds is 8. The van der Waals surface area contributed by atoms with Crippen molar-refractivity contribution in [2.24, 2.45) is 7.05 Å². The maximum absolute atomic E-state index is 12.4. The minimum atomic E-state index is -1.04. The molecule has 0 aliphatic rings. The van der Waals surface area contributed by atoms with Gasteiger partial charge in [-0.15, -0.1) is 0 Å². The van der Waals surface area contributed by atoms with Crippen molar-refractivity contribution in [2.45, 2.75) is 39.8 Å². The van der Waals surface area contributed by atoms with E-state index >= 15 is 0 Å². The number of amides is 2. The number of hydrogen-bond acceptors (Lipinski definition) is 6. The largest absolute Gasteiger partial charge is 0.497 e. The normalized spacial score (nSPS) is 12.8. The van der Waals surface area contributed by atoms with Crippen molar-refractivity contribution in [1.82, 2.24) is 15.1 Å². The molecular weight excluding hydrogens is 400 g/mol. The van der Waals surface area contributed by atoms with Crippen LogP contribution in [0.15, 0.2) is 30.3 Å². The number of anilines is 1. The summed E-state index contributed by atoms with van der Waals surface area (Å²) < 4.78 is 11.9. The van der Waals surface area contributed by atoms with Crippen molar-refractivity contribution in [3.05, 3.63) is 47.3 Å². The number of esters is 1. The third-order valence-electron chi connectivity index (χ3n) is 4.67. The molecule has 0 radical (unpaired) electrons. The highest BCUT2D eigenvalue weighted by molar-refractivity contribution is 5.97. The van der Waals surface area contributed by atoms with Crippen LogP contribution >= 0.6 is 0 Å². The van der Waals surface area contributed by atoms with Crippen LogP contribution in [0.25, 0.3) is 6.08 Å². The fourth-order valence-electron chi connectivity index (χ4n) is 2.72. The van der Waals surface area contributed by atoms with E-state index in [0.29, 0.717) is 17.1 Å². The maximum Gasteiger partial charge on any atom is 0.329 e. The van der Waals surface area contributed by atoms with Crippen LogP contribution in [-0.2, 0) is 26.2 Å². The maximum atomic E-state index is 12.4. The number of ether oxygens (including phenoxy) is 2. The van der Waals surface area contributed by atoms with Crippen LogP contribution in [0.1, 0.15) is 30.8 Å². The average molecular weight is 428 g/mol. The van der Waals surface area contributed by atoms with Crippen LogP contribution in [0, 0.1) is 13.8 Å². The van der Waals surface area contributed by atoms with E-state index in [1.165, 1.54) is 19.9 Å². The summed E-state index contributed by atoms with van der Waals surface area (Å²) in [5, 5.41) is 9.47. The van der Waals surface area contributed by atoms with E-state index in [-0.39, 0.29) is 0 Å². The van der Waals surface area contributed by atoms with Crippen LogP contribution in [-0.4, -0.2) is 46.8 Å². The zero-order chi connectivity index (χ0) is 23.1. The van der Waals surface area contributed by atoms with Crippen LogP contribution in [0.2, 0.25) is 0 Å². The summed E-state index contributed by atoms with van der Waals surface area (Å²) in [6.45, 7) is 6.55. The molecule has 166 valence electrons. The lowest BCUT2D eigenvalue weighted by Gasteiger charge is -2.17. The molecule has 0 aliphatic carbocycles. The molecule has 0 saturated carbocycles. The van der Waals surface area contributed by atoms with Crippen LogP contribution < -0.4 is 15.4 Å². The monoisotopic (exact) mass is 428 g/mol. The van der Waals surface area contributed by atoms with Crippen LogP contribution in [0.4, 0.5) is 5.69 Å². The second kappa shape index (κ2) is 10.4. The summed E-state index contributed by atoms with van der Waals surface area (Å²) in [6.07, 6.45) is 1.89. The minimum absolute atomic E-state index is 0.459. The van der Waals surface area contributed by atoms with E-state index < -0.39 is 29.9 Å². The molecule has 0 aliphatic heterocycles. The number of hydrogen-bond donors (Lipinski definition) is 2. The fraction of sp³-hybridized carbons (Fsp3) is 0.364. The highest BCUT2D eigenvalue weighted by atomic mass is 16.5. The zero-order valence-electron chi connectivity index (χ0n) is 18.6. The molecule has 2 atom stereocenters. The van der Waals surface area contributed by atoms with Crippen LogP contribution in [0.5, 0.6) is 5.75 Å². The molecule has 2 amide bonds. The van der Waals surface area contributed by atoms with Crippen molar-refractivity contribution >= 4 is 29.5 Å². The third-order valence-corrected chi connectivity index (χ3v) is 4.67. The molecule has 2 rings (SSSR count). The second-order valence-electron chi connectivity index (χ2n) is 7.07. The minimum Gasteiger partial charge on any atom is -0.497 e. The Bertz CT molecular complexity index is 979. The first-order valence-electron chi connectivity index (χ1n) is 9.76. The molecule has 0 saturated heterocycles. The Kier molecular flexibility index (Phi) is 7.95. The highest BCUT2D eigenvalue weighted by Gasteiger charge is 2.24. The Balaban J connectivity index is 1.86. The summed E-state index contributed by atoms with van der Waals surface area (Å²) >= 11 is 0. The molecule has 0 spiro atoms. The van der Waals surface area contributed by atoms with Gasteiger partial charge in [-0.2, -0.15) is 5.10 Å². The summed E-state index contributed by atoms with van der Waals surface area (Å²) in [7, 11) is 3.35. The lowest BCUT2D eigenvalue weighted by Crippen LogP contribution is -2.41. The van der Waals surface area contributed by atoms with Gasteiger partial charge in [-0.05, 0) is 51.5 Å². The molecule has 0 bridgehead atoms. The van der Waals surface area contributed by atoms with Gasteiger partial charge in [0, 0.05) is 13.1 Å². The number of carbonyl (C=O) groups excluding carboxylic acids is 3. The molecule has 1 heterocycles. The lowest BCUT2D eigenvalue weighted by atomic mass is 10.2. The van der Waals surface area contributed by atoms with Gasteiger partial charge in [0.2, 0.25) is 5.91 Å². The number of benzene rings is 1. The predicted molar refractivity (Wildman–Crippen MR) is 116 cm³/mol. The predicted octanol–water partition coefficient (Wildman–Crippen LogP) is 2.13. The van der Waals surface area contributed by atoms with E-state index in [0.717, 1.165) is 11.3 Å². The van der Waals surface area contributed by atoms with Gasteiger partial charge in [0.15, 0.2) is 6.10 Å². The highest BCUT2D eigenvalue weighted by Crippen LogP contribution is 2.18. The summed E-state index contributed by atoms with van der Waals surface area (Å²) in [4.78, 5) is 36.7. The molecule has 9 heteroatoms. The Morgan fingerprint density at radius 3 is 2.32 bits per heavy atom. The molecule has 31 heavy (non-hydrogen) atoms. The van der Waals surface area contributed by atoms with Crippen molar-refractivity contribution in [2.75, 3.05) is 12.4 Å². The quantitative estimate of drug-likeness (QED) is 0.492. The number of carbonyl (C=O) groups is 3. The number of aryl methyl sites for hydroxylation is 2. The SMILES string of the molecule is COc1ccc(/C=C/C(=O)N[C@@H](C)C(=O)OC(C)C(=O)Nc2c(C)nn(C)c2C)cc1. The van der Waals surface area contributed by atoms with Gasteiger partial charge < -0.3 is 20.1 Å². The fourth-order valence-corrected chi connectivity index (χ4v) is 2.72. The topological polar surface area (TPSA) is 112 Å². The van der Waals surface area contributed by atoms with E-state index in [9.17, 15) is 14.4 Å². The standard InChI is InChI=1S/C22H28N4O5/c1-13-20(15(3)26(5)25-13)24-21(28)16(4)31-22(29)14(2)23-19(27)12-9-17-7-10-18(30-6)11-8-17/h7-12,14,16H,1-6H3,(H,23,27)(H,24,28)/b12-9+/t14-,16?/m0/s1. The Hall–Kier alpha value is -3.62. The first-order chi connectivity index (χ1) is 14.6. The van der Waals surface area contributed by atoms with Gasteiger partial charge in [-0.1, -0.05) is 12.1 Å². The van der Waals surface area contributed by atoms with Gasteiger partial charge in [0.1, 0.15) is 11.8 Å². The first-order valence-corrected chi connectivity index (χ1v) is 9.76. The van der Waals surface area contributed by atoms with Crippen molar-refractivity contribution in [3.63, 3.8) is 0 Å². The van der Waals surface area contributed by atoms with E-state index in [1.807, 2.05) is 6.92 Å². The van der Waals surface area contributed by atoms with Crippen LogP contribution in [0.3, 0.4) is 0 Å². The number of nitrogens with zero attached hydrogens (tertiary/aromatic N) is 2. The van der Waals surface area contributed by atoms with Gasteiger partial charge >= 0.3 is 5.97 Å². The van der Waals surface area contributed by atoms with Gasteiger partial charge in [-0.3, -0.25) is 14.3 Å². The third kappa shape index (κ3) is 6.43. The van der Waals surface area contributed by atoms with Gasteiger partial charge in [-0.25, -0.2) is 4.79 Å². The lowest BCUT2D eigenvalue weighted by molar-refractivity contribution is -0.155. The molecule has 9 nitrogen and oxygen atoms in total. The van der Waals surface area contributed by atoms with Crippen molar-refractivity contribution < 1.29 is 23.9 Å². The molecule has 1 aromatic carbocycles. The zero-order valence-corrected chi connectivity index (χ0v) is 18.6. The number of nitrogens with one attached hydrogen (secondary N) is 2. The summed E-state index contributed by atoms with van der Waals surface area (Å²) in [6, 6.07) is 6.22. The van der Waals surface area contributed by atoms with E-state index in [1.54, 1.807) is 56.1 Å². The molecule has 1 aromatic heterocycles. The van der Waals surface area contributed by atoms with Crippen molar-refractivity contribution in [3.8, 4) is 5.75 Å². The summed E-state index contributed by atoms with van der Waals surface area (Å²) in [5.41, 5.74) is 2.84. The van der Waals surface area contributed by atoms with E-state index in [2.05, 4.69) is 15.7 Å². The molecule has 2 aromatic rings. The van der Waals surface area contributed by atoms with E-state index in [4.69, 9.17) is 9.47 Å². The average Bonchev–Trinajstić information content (AvgIpc) is 2.98. The number of aromatic nitrogens is 2. The molecule has 0 fully saturated rings. The first kappa shape index (κ1) is 23.7. The second-order valence-corrected chi connectivity index (χ2v) is 7.07. The smallest absolute Gasteiger partial charge is 0.329 e. The molecular formula is C22H28N4O5. The molecule has 1 unspecified atom stereocenters. The Labute approximate surface area is 181 Å². The Morgan fingerprint density at radius 1 is 1.13 bits per heavy atom.